The predicted molar refractivity (Wildman–Crippen MR) is 141 cm³/mol. The normalized spacial score (nSPS) is 10.8. The Hall–Kier alpha value is -3.90. The molecule has 1 heterocycles. The fourth-order valence-electron chi connectivity index (χ4n) is 3.95. The monoisotopic (exact) mass is 469 g/mol. The van der Waals surface area contributed by atoms with Crippen LogP contribution in [-0.2, 0) is 16.1 Å². The molecular formula is C29H31N3O3. The molecule has 0 saturated carbocycles. The van der Waals surface area contributed by atoms with Crippen LogP contribution in [-0.4, -0.2) is 30.6 Å². The number of carbonyl (C=O) groups is 1. The van der Waals surface area contributed by atoms with Crippen molar-refractivity contribution in [3.8, 4) is 5.75 Å². The first-order chi connectivity index (χ1) is 17.2. The highest BCUT2D eigenvalue weighted by Gasteiger charge is 2.19. The summed E-state index contributed by atoms with van der Waals surface area (Å²) in [7, 11) is 0. The molecule has 3 aromatic carbocycles. The largest absolute Gasteiger partial charge is 0.489 e. The molecule has 35 heavy (non-hydrogen) atoms. The third-order valence-corrected chi connectivity index (χ3v) is 5.56. The molecule has 0 aliphatic carbocycles. The summed E-state index contributed by atoms with van der Waals surface area (Å²) in [4.78, 5) is 19.5. The van der Waals surface area contributed by atoms with E-state index < -0.39 is 0 Å². The van der Waals surface area contributed by atoms with Crippen LogP contribution in [0.5, 0.6) is 5.75 Å². The number of anilines is 3. The van der Waals surface area contributed by atoms with Crippen molar-refractivity contribution >= 4 is 33.9 Å². The maximum atomic E-state index is 12.6. The highest BCUT2D eigenvalue weighted by atomic mass is 16.5. The number of para-hydroxylation sites is 1. The lowest BCUT2D eigenvalue weighted by Gasteiger charge is -2.28. The van der Waals surface area contributed by atoms with Crippen LogP contribution in [0.25, 0.3) is 10.9 Å². The molecule has 0 aliphatic heterocycles. The van der Waals surface area contributed by atoms with E-state index in [0.29, 0.717) is 18.9 Å². The number of pyridine rings is 1. The van der Waals surface area contributed by atoms with E-state index in [-0.39, 0.29) is 12.5 Å². The van der Waals surface area contributed by atoms with Gasteiger partial charge in [-0.2, -0.15) is 0 Å². The molecule has 1 N–H and O–H groups in total. The molecule has 0 atom stereocenters. The lowest BCUT2D eigenvalue weighted by atomic mass is 10.1. The number of benzene rings is 3. The Balaban J connectivity index is 1.78. The SMILES string of the molecule is CCCN(c1ccccc1)c1c(NC(=O)COCC)cnc2ccc(OCc3ccccc3)cc12. The van der Waals surface area contributed by atoms with Crippen molar-refractivity contribution in [2.75, 3.05) is 30.0 Å². The number of amides is 1. The molecule has 0 aliphatic rings. The Labute approximate surface area is 206 Å². The predicted octanol–water partition coefficient (Wildman–Crippen LogP) is 6.34. The molecule has 180 valence electrons. The summed E-state index contributed by atoms with van der Waals surface area (Å²) < 4.78 is 11.4. The molecule has 1 amide bonds. The average Bonchev–Trinajstić information content (AvgIpc) is 2.90. The highest BCUT2D eigenvalue weighted by Crippen LogP contribution is 2.39. The number of nitrogens with zero attached hydrogens (tertiary/aromatic N) is 2. The molecule has 4 rings (SSSR count). The van der Waals surface area contributed by atoms with Crippen LogP contribution in [0.4, 0.5) is 17.1 Å². The Bertz CT molecular complexity index is 1250. The minimum atomic E-state index is -0.213. The molecular weight excluding hydrogens is 438 g/mol. The van der Waals surface area contributed by atoms with E-state index in [0.717, 1.165) is 46.6 Å². The van der Waals surface area contributed by atoms with Gasteiger partial charge >= 0.3 is 0 Å². The first-order valence-corrected chi connectivity index (χ1v) is 12.0. The molecule has 0 unspecified atom stereocenters. The minimum Gasteiger partial charge on any atom is -0.489 e. The molecule has 0 saturated heterocycles. The van der Waals surface area contributed by atoms with Gasteiger partial charge in [-0.15, -0.1) is 0 Å². The first kappa shape index (κ1) is 24.2. The zero-order valence-corrected chi connectivity index (χ0v) is 20.2. The molecule has 0 radical (unpaired) electrons. The van der Waals surface area contributed by atoms with Crippen LogP contribution >= 0.6 is 0 Å². The van der Waals surface area contributed by atoms with Gasteiger partial charge in [0.2, 0.25) is 5.91 Å². The van der Waals surface area contributed by atoms with Crippen LogP contribution in [0.15, 0.2) is 85.1 Å². The standard InChI is InChI=1S/C29H31N3O3/c1-3-17-32(23-13-9-6-10-14-23)29-25-18-24(35-20-22-11-7-5-8-12-22)15-16-26(25)30-19-27(29)31-28(33)21-34-4-2/h5-16,18-19H,3-4,17,20-21H2,1-2H3,(H,31,33). The van der Waals surface area contributed by atoms with E-state index in [4.69, 9.17) is 9.47 Å². The Morgan fingerprint density at radius 3 is 2.43 bits per heavy atom. The highest BCUT2D eigenvalue weighted by molar-refractivity contribution is 6.05. The molecule has 0 spiro atoms. The van der Waals surface area contributed by atoms with Crippen LogP contribution in [0.2, 0.25) is 0 Å². The first-order valence-electron chi connectivity index (χ1n) is 12.0. The number of nitrogens with one attached hydrogen (secondary N) is 1. The van der Waals surface area contributed by atoms with Crippen molar-refractivity contribution < 1.29 is 14.3 Å². The van der Waals surface area contributed by atoms with E-state index in [1.807, 2.05) is 73.7 Å². The number of ether oxygens (including phenoxy) is 2. The number of fused-ring (bicyclic) bond motifs is 1. The lowest BCUT2D eigenvalue weighted by molar-refractivity contribution is -0.120. The van der Waals surface area contributed by atoms with Gasteiger partial charge in [0.05, 0.1) is 23.1 Å². The van der Waals surface area contributed by atoms with Gasteiger partial charge in [-0.1, -0.05) is 55.5 Å². The van der Waals surface area contributed by atoms with E-state index in [2.05, 4.69) is 34.3 Å². The number of rotatable bonds is 11. The van der Waals surface area contributed by atoms with Crippen LogP contribution in [0.1, 0.15) is 25.8 Å². The Kier molecular flexibility index (Phi) is 8.30. The fourth-order valence-corrected chi connectivity index (χ4v) is 3.95. The molecule has 0 fully saturated rings. The van der Waals surface area contributed by atoms with Gasteiger partial charge in [0.25, 0.3) is 0 Å². The van der Waals surface area contributed by atoms with Gasteiger partial charge in [-0.25, -0.2) is 0 Å². The quantitative estimate of drug-likeness (QED) is 0.278. The molecule has 0 bridgehead atoms. The Morgan fingerprint density at radius 1 is 0.971 bits per heavy atom. The van der Waals surface area contributed by atoms with Crippen LogP contribution < -0.4 is 15.0 Å². The zero-order valence-electron chi connectivity index (χ0n) is 20.2. The van der Waals surface area contributed by atoms with Crippen molar-refractivity contribution in [1.29, 1.82) is 0 Å². The maximum absolute atomic E-state index is 12.6. The van der Waals surface area contributed by atoms with Crippen molar-refractivity contribution in [3.05, 3.63) is 90.6 Å². The second kappa shape index (κ2) is 12.0. The van der Waals surface area contributed by atoms with Gasteiger partial charge in [0.1, 0.15) is 19.0 Å². The van der Waals surface area contributed by atoms with Crippen molar-refractivity contribution in [1.82, 2.24) is 4.98 Å². The summed E-state index contributed by atoms with van der Waals surface area (Å²) in [6, 6.07) is 26.1. The summed E-state index contributed by atoms with van der Waals surface area (Å²) in [5, 5.41) is 3.92. The van der Waals surface area contributed by atoms with Crippen LogP contribution in [0.3, 0.4) is 0 Å². The van der Waals surface area contributed by atoms with E-state index in [1.165, 1.54) is 0 Å². The number of carbonyl (C=O) groups excluding carboxylic acids is 1. The summed E-state index contributed by atoms with van der Waals surface area (Å²) in [5.74, 6) is 0.530. The van der Waals surface area contributed by atoms with Crippen LogP contribution in [0, 0.1) is 0 Å². The second-order valence-corrected chi connectivity index (χ2v) is 8.15. The van der Waals surface area contributed by atoms with Crippen molar-refractivity contribution in [3.63, 3.8) is 0 Å². The van der Waals surface area contributed by atoms with Gasteiger partial charge in [-0.3, -0.25) is 9.78 Å². The fraction of sp³-hybridized carbons (Fsp3) is 0.241. The zero-order chi connectivity index (χ0) is 24.5. The smallest absolute Gasteiger partial charge is 0.250 e. The third-order valence-electron chi connectivity index (χ3n) is 5.56. The second-order valence-electron chi connectivity index (χ2n) is 8.15. The molecule has 6 heteroatoms. The van der Waals surface area contributed by atoms with Gasteiger partial charge < -0.3 is 19.7 Å². The molecule has 4 aromatic rings. The number of hydrogen-bond donors (Lipinski definition) is 1. The van der Waals surface area contributed by atoms with Crippen molar-refractivity contribution in [2.24, 2.45) is 0 Å². The van der Waals surface area contributed by atoms with Gasteiger partial charge in [0.15, 0.2) is 0 Å². The maximum Gasteiger partial charge on any atom is 0.250 e. The number of aromatic nitrogens is 1. The summed E-state index contributed by atoms with van der Waals surface area (Å²) in [6.07, 6.45) is 2.65. The Morgan fingerprint density at radius 2 is 1.71 bits per heavy atom. The molecule has 6 nitrogen and oxygen atoms in total. The van der Waals surface area contributed by atoms with Gasteiger partial charge in [0, 0.05) is 24.2 Å². The number of hydrogen-bond acceptors (Lipinski definition) is 5. The van der Waals surface area contributed by atoms with Gasteiger partial charge in [-0.05, 0) is 49.2 Å². The molecule has 1 aromatic heterocycles. The topological polar surface area (TPSA) is 63.7 Å². The third kappa shape index (κ3) is 6.16. The summed E-state index contributed by atoms with van der Waals surface area (Å²) in [5.41, 5.74) is 4.49. The van der Waals surface area contributed by atoms with E-state index in [9.17, 15) is 4.79 Å². The minimum absolute atomic E-state index is 0.00663. The van der Waals surface area contributed by atoms with E-state index >= 15 is 0 Å². The van der Waals surface area contributed by atoms with Crippen molar-refractivity contribution in [2.45, 2.75) is 26.9 Å². The van der Waals surface area contributed by atoms with E-state index in [1.54, 1.807) is 6.20 Å². The summed E-state index contributed by atoms with van der Waals surface area (Å²) >= 11 is 0. The lowest BCUT2D eigenvalue weighted by Crippen LogP contribution is -2.23. The average molecular weight is 470 g/mol. The summed E-state index contributed by atoms with van der Waals surface area (Å²) in [6.45, 7) is 5.72.